The molecule has 17 heavy (non-hydrogen) atoms. The summed E-state index contributed by atoms with van der Waals surface area (Å²) in [6.07, 6.45) is 0.578. The molecule has 0 saturated heterocycles. The van der Waals surface area contributed by atoms with Crippen molar-refractivity contribution < 1.29 is 14.9 Å². The van der Waals surface area contributed by atoms with Crippen LogP contribution in [-0.4, -0.2) is 17.3 Å². The van der Waals surface area contributed by atoms with Gasteiger partial charge in [0.2, 0.25) is 0 Å². The van der Waals surface area contributed by atoms with Gasteiger partial charge in [0.1, 0.15) is 12.4 Å². The molecule has 0 atom stereocenters. The van der Waals surface area contributed by atoms with E-state index >= 15 is 0 Å². The molecular formula is C14H21O3. The Kier molecular flexibility index (Phi) is 4.54. The van der Waals surface area contributed by atoms with Crippen LogP contribution in [0.5, 0.6) is 5.75 Å². The van der Waals surface area contributed by atoms with Crippen molar-refractivity contribution in [3.05, 3.63) is 28.8 Å². The first-order chi connectivity index (χ1) is 7.83. The molecule has 0 aliphatic rings. The Morgan fingerprint density at radius 2 is 1.76 bits per heavy atom. The smallest absolute Gasteiger partial charge is 0.119 e. The Morgan fingerprint density at radius 3 is 2.18 bits per heavy atom. The van der Waals surface area contributed by atoms with Crippen molar-refractivity contribution in [2.75, 3.05) is 6.61 Å². The summed E-state index contributed by atoms with van der Waals surface area (Å²) in [5.74, 6) is 0.765. The van der Waals surface area contributed by atoms with Gasteiger partial charge in [0.15, 0.2) is 0 Å². The van der Waals surface area contributed by atoms with Crippen molar-refractivity contribution in [1.29, 1.82) is 0 Å². The van der Waals surface area contributed by atoms with Crippen LogP contribution < -0.4 is 4.74 Å². The van der Waals surface area contributed by atoms with Gasteiger partial charge in [-0.15, -0.1) is 0 Å². The van der Waals surface area contributed by atoms with E-state index in [-0.39, 0.29) is 6.61 Å². The number of aliphatic hydroxyl groups is 1. The highest BCUT2D eigenvalue weighted by atomic mass is 16.5. The molecule has 0 aliphatic carbocycles. The molecule has 0 unspecified atom stereocenters. The fraction of sp³-hybridized carbons (Fsp3) is 0.571. The summed E-state index contributed by atoms with van der Waals surface area (Å²) in [5.41, 5.74) is 2.08. The summed E-state index contributed by atoms with van der Waals surface area (Å²) in [5, 5.41) is 20.5. The quantitative estimate of drug-likeness (QED) is 0.856. The van der Waals surface area contributed by atoms with Crippen molar-refractivity contribution in [3.8, 4) is 5.75 Å². The number of aryl methyl sites for hydroxylation is 2. The third kappa shape index (κ3) is 4.36. The molecule has 0 saturated carbocycles. The molecule has 1 radical (unpaired) electrons. The van der Waals surface area contributed by atoms with Gasteiger partial charge < -0.3 is 9.84 Å². The zero-order valence-corrected chi connectivity index (χ0v) is 11.0. The number of hydrogen-bond acceptors (Lipinski definition) is 2. The van der Waals surface area contributed by atoms with Crippen LogP contribution in [0.1, 0.15) is 37.0 Å². The van der Waals surface area contributed by atoms with Gasteiger partial charge in [-0.2, -0.15) is 0 Å². The maximum absolute atomic E-state index is 11.0. The zero-order valence-electron chi connectivity index (χ0n) is 11.0. The van der Waals surface area contributed by atoms with Gasteiger partial charge in [0.25, 0.3) is 0 Å². The van der Waals surface area contributed by atoms with E-state index in [0.717, 1.165) is 22.4 Å². The topological polar surface area (TPSA) is 49.4 Å². The molecule has 0 amide bonds. The monoisotopic (exact) mass is 237 g/mol. The van der Waals surface area contributed by atoms with Gasteiger partial charge >= 0.3 is 0 Å². The molecular weight excluding hydrogens is 216 g/mol. The first kappa shape index (κ1) is 14.0. The van der Waals surface area contributed by atoms with E-state index in [4.69, 9.17) is 4.74 Å². The molecule has 1 rings (SSSR count). The summed E-state index contributed by atoms with van der Waals surface area (Å²) in [6, 6.07) is 3.76. The third-order valence-corrected chi connectivity index (χ3v) is 2.80. The lowest BCUT2D eigenvalue weighted by atomic mass is 10.0. The second-order valence-electron chi connectivity index (χ2n) is 5.09. The molecule has 0 aromatic heterocycles. The molecule has 1 aromatic carbocycles. The third-order valence-electron chi connectivity index (χ3n) is 2.80. The van der Waals surface area contributed by atoms with Crippen LogP contribution in [0.4, 0.5) is 0 Å². The maximum atomic E-state index is 11.0. The van der Waals surface area contributed by atoms with E-state index in [0.29, 0.717) is 13.0 Å². The normalized spacial score (nSPS) is 11.6. The Hall–Kier alpha value is -1.06. The van der Waals surface area contributed by atoms with Gasteiger partial charge in [-0.1, -0.05) is 0 Å². The van der Waals surface area contributed by atoms with Crippen LogP contribution >= 0.6 is 0 Å². The van der Waals surface area contributed by atoms with Crippen molar-refractivity contribution in [2.24, 2.45) is 0 Å². The molecule has 0 spiro atoms. The van der Waals surface area contributed by atoms with Crippen LogP contribution in [0, 0.1) is 13.8 Å². The highest BCUT2D eigenvalue weighted by Crippen LogP contribution is 2.22. The summed E-state index contributed by atoms with van der Waals surface area (Å²) >= 11 is 0. The second-order valence-corrected chi connectivity index (χ2v) is 5.09. The number of rotatable bonds is 5. The van der Waals surface area contributed by atoms with Crippen molar-refractivity contribution in [3.63, 3.8) is 0 Å². The maximum Gasteiger partial charge on any atom is 0.119 e. The molecule has 0 heterocycles. The average molecular weight is 237 g/mol. The van der Waals surface area contributed by atoms with E-state index in [1.165, 1.54) is 0 Å². The fourth-order valence-electron chi connectivity index (χ4n) is 1.68. The molecule has 1 aromatic rings. The van der Waals surface area contributed by atoms with Crippen molar-refractivity contribution in [2.45, 2.75) is 46.3 Å². The Morgan fingerprint density at radius 1 is 1.24 bits per heavy atom. The predicted molar refractivity (Wildman–Crippen MR) is 66.7 cm³/mol. The Balaban J connectivity index is 2.67. The standard InChI is InChI=1S/C14H21O3/c1-10-7-12(8-11(2)13(10)9-15)17-6-5-14(3,4)16/h7-8,16H,5-6,9H2,1-4H3. The minimum absolute atomic E-state index is 0.193. The summed E-state index contributed by atoms with van der Waals surface area (Å²) in [6.45, 7) is 7.63. The highest BCUT2D eigenvalue weighted by molar-refractivity contribution is 5.40. The lowest BCUT2D eigenvalue weighted by molar-refractivity contribution is 0.0553. The molecule has 0 fully saturated rings. The van der Waals surface area contributed by atoms with E-state index in [9.17, 15) is 10.2 Å². The second kappa shape index (κ2) is 5.52. The lowest BCUT2D eigenvalue weighted by Gasteiger charge is -2.18. The molecule has 0 bridgehead atoms. The zero-order chi connectivity index (χ0) is 13.1. The van der Waals surface area contributed by atoms with E-state index in [1.54, 1.807) is 13.8 Å². The molecule has 1 N–H and O–H groups in total. The minimum atomic E-state index is -0.709. The van der Waals surface area contributed by atoms with Crippen LogP contribution in [-0.2, 0) is 11.7 Å². The number of hydrogen-bond donors (Lipinski definition) is 1. The van der Waals surface area contributed by atoms with Crippen molar-refractivity contribution in [1.82, 2.24) is 0 Å². The highest BCUT2D eigenvalue weighted by Gasteiger charge is 2.12. The van der Waals surface area contributed by atoms with Crippen LogP contribution in [0.3, 0.4) is 0 Å². The summed E-state index contributed by atoms with van der Waals surface area (Å²) < 4.78 is 5.58. The van der Waals surface area contributed by atoms with Crippen LogP contribution in [0.15, 0.2) is 12.1 Å². The Bertz CT molecular complexity index is 355. The molecule has 3 nitrogen and oxygen atoms in total. The minimum Gasteiger partial charge on any atom is -0.493 e. The van der Waals surface area contributed by atoms with Gasteiger partial charge in [-0.25, -0.2) is 5.11 Å². The number of benzene rings is 1. The largest absolute Gasteiger partial charge is 0.493 e. The SMILES string of the molecule is Cc1cc(OCCC(C)(C)O)cc(C)c1C[O]. The molecule has 95 valence electrons. The van der Waals surface area contributed by atoms with E-state index in [1.807, 2.05) is 26.0 Å². The van der Waals surface area contributed by atoms with Gasteiger partial charge in [-0.3, -0.25) is 0 Å². The van der Waals surface area contributed by atoms with Crippen LogP contribution in [0.2, 0.25) is 0 Å². The van der Waals surface area contributed by atoms with Gasteiger partial charge in [-0.05, 0) is 56.5 Å². The first-order valence-corrected chi connectivity index (χ1v) is 5.87. The fourth-order valence-corrected chi connectivity index (χ4v) is 1.68. The predicted octanol–water partition coefficient (Wildman–Crippen LogP) is 2.77. The number of ether oxygens (including phenoxy) is 1. The summed E-state index contributed by atoms with van der Waals surface area (Å²) in [7, 11) is 0. The average Bonchev–Trinajstić information content (AvgIpc) is 2.15. The molecule has 0 aliphatic heterocycles. The van der Waals surface area contributed by atoms with Crippen LogP contribution in [0.25, 0.3) is 0 Å². The molecule has 3 heteroatoms. The van der Waals surface area contributed by atoms with Crippen molar-refractivity contribution >= 4 is 0 Å². The van der Waals surface area contributed by atoms with Gasteiger partial charge in [0, 0.05) is 6.42 Å². The van der Waals surface area contributed by atoms with E-state index < -0.39 is 5.60 Å². The van der Waals surface area contributed by atoms with Gasteiger partial charge in [0.05, 0.1) is 12.2 Å². The lowest BCUT2D eigenvalue weighted by Crippen LogP contribution is -2.21. The summed E-state index contributed by atoms with van der Waals surface area (Å²) in [4.78, 5) is 0. The first-order valence-electron chi connectivity index (χ1n) is 5.87. The van der Waals surface area contributed by atoms with E-state index in [2.05, 4.69) is 0 Å². The Labute approximate surface area is 103 Å².